The first-order valence-electron chi connectivity index (χ1n) is 5.34. The van der Waals surface area contributed by atoms with Crippen LogP contribution in [-0.2, 0) is 4.74 Å². The molecule has 3 nitrogen and oxygen atoms in total. The Morgan fingerprint density at radius 3 is 2.83 bits per heavy atom. The lowest BCUT2D eigenvalue weighted by Gasteiger charge is -2.00. The van der Waals surface area contributed by atoms with Crippen molar-refractivity contribution in [1.82, 2.24) is 0 Å². The Balaban J connectivity index is 2.29. The maximum atomic E-state index is 13.0. The molecule has 0 aliphatic heterocycles. The van der Waals surface area contributed by atoms with Gasteiger partial charge in [0.1, 0.15) is 11.6 Å². The first-order chi connectivity index (χ1) is 8.61. The van der Waals surface area contributed by atoms with E-state index in [9.17, 15) is 9.18 Å². The summed E-state index contributed by atoms with van der Waals surface area (Å²) in [6.45, 7) is 1.98. The van der Waals surface area contributed by atoms with Crippen LogP contribution in [0.5, 0.6) is 0 Å². The summed E-state index contributed by atoms with van der Waals surface area (Å²) in [5.41, 5.74) is 0.594. The van der Waals surface area contributed by atoms with Crippen molar-refractivity contribution in [2.45, 2.75) is 6.92 Å². The number of ether oxygens (including phenoxy) is 1. The van der Waals surface area contributed by atoms with E-state index in [1.165, 1.54) is 24.3 Å². The number of hydrogen-bond donors (Lipinski definition) is 0. The van der Waals surface area contributed by atoms with Crippen molar-refractivity contribution in [3.05, 3.63) is 46.9 Å². The Morgan fingerprint density at radius 2 is 2.17 bits per heavy atom. The number of benzene rings is 1. The van der Waals surface area contributed by atoms with Crippen LogP contribution in [0.3, 0.4) is 0 Å². The molecule has 1 heterocycles. The summed E-state index contributed by atoms with van der Waals surface area (Å²) in [4.78, 5) is 11.4. The fourth-order valence-electron chi connectivity index (χ4n) is 1.45. The van der Waals surface area contributed by atoms with Crippen LogP contribution < -0.4 is 0 Å². The molecule has 5 heteroatoms. The quantitative estimate of drug-likeness (QED) is 0.792. The van der Waals surface area contributed by atoms with Crippen molar-refractivity contribution in [2.75, 3.05) is 6.61 Å². The molecule has 0 aliphatic rings. The van der Waals surface area contributed by atoms with Gasteiger partial charge in [0, 0.05) is 5.56 Å². The Hall–Kier alpha value is -1.81. The van der Waals surface area contributed by atoms with E-state index in [0.717, 1.165) is 0 Å². The van der Waals surface area contributed by atoms with Gasteiger partial charge < -0.3 is 9.15 Å². The topological polar surface area (TPSA) is 39.4 Å². The zero-order chi connectivity index (χ0) is 13.1. The second-order valence-corrected chi connectivity index (χ2v) is 3.92. The summed E-state index contributed by atoms with van der Waals surface area (Å²) in [5.74, 6) is -0.498. The molecule has 0 N–H and O–H groups in total. The van der Waals surface area contributed by atoms with E-state index in [1.807, 2.05) is 0 Å². The highest BCUT2D eigenvalue weighted by atomic mass is 35.5. The molecule has 18 heavy (non-hydrogen) atoms. The number of rotatable bonds is 3. The summed E-state index contributed by atoms with van der Waals surface area (Å²) >= 11 is 5.67. The molecular weight excluding hydrogens is 259 g/mol. The molecule has 1 aromatic carbocycles. The third-order valence-electron chi connectivity index (χ3n) is 2.29. The summed E-state index contributed by atoms with van der Waals surface area (Å²) in [6, 6.07) is 7.31. The third kappa shape index (κ3) is 2.54. The lowest BCUT2D eigenvalue weighted by Crippen LogP contribution is -2.02. The minimum atomic E-state index is -0.531. The molecule has 0 aliphatic carbocycles. The largest absolute Gasteiger partial charge is 0.460 e. The van der Waals surface area contributed by atoms with Crippen molar-refractivity contribution < 1.29 is 18.3 Å². The maximum absolute atomic E-state index is 13.0. The summed E-state index contributed by atoms with van der Waals surface area (Å²) < 4.78 is 23.1. The highest BCUT2D eigenvalue weighted by Crippen LogP contribution is 2.26. The zero-order valence-corrected chi connectivity index (χ0v) is 10.3. The second kappa shape index (κ2) is 5.23. The van der Waals surface area contributed by atoms with E-state index < -0.39 is 11.8 Å². The average molecular weight is 269 g/mol. The summed E-state index contributed by atoms with van der Waals surface area (Å²) in [7, 11) is 0. The van der Waals surface area contributed by atoms with Crippen LogP contribution in [0.1, 0.15) is 17.5 Å². The fourth-order valence-corrected chi connectivity index (χ4v) is 1.63. The Morgan fingerprint density at radius 1 is 1.39 bits per heavy atom. The Labute approximate surface area is 108 Å². The molecule has 2 rings (SSSR count). The van der Waals surface area contributed by atoms with Gasteiger partial charge in [0.2, 0.25) is 5.76 Å². The van der Waals surface area contributed by atoms with Crippen LogP contribution in [0, 0.1) is 5.82 Å². The van der Waals surface area contributed by atoms with Gasteiger partial charge in [-0.25, -0.2) is 9.18 Å². The number of carbonyl (C=O) groups is 1. The predicted molar refractivity (Wildman–Crippen MR) is 65.1 cm³/mol. The zero-order valence-electron chi connectivity index (χ0n) is 9.57. The molecule has 0 atom stereocenters. The molecule has 1 aromatic heterocycles. The standard InChI is InChI=1S/C13H10ClFO3/c1-2-17-13(16)12-6-5-11(18-12)8-3-4-10(15)9(14)7-8/h3-7H,2H2,1H3. The Kier molecular flexibility index (Phi) is 3.67. The molecule has 0 radical (unpaired) electrons. The van der Waals surface area contributed by atoms with Crippen molar-refractivity contribution in [3.63, 3.8) is 0 Å². The Bertz CT molecular complexity index is 577. The maximum Gasteiger partial charge on any atom is 0.374 e. The highest BCUT2D eigenvalue weighted by Gasteiger charge is 2.13. The number of hydrogen-bond acceptors (Lipinski definition) is 3. The second-order valence-electron chi connectivity index (χ2n) is 3.51. The fraction of sp³-hybridized carbons (Fsp3) is 0.154. The molecule has 0 saturated heterocycles. The smallest absolute Gasteiger partial charge is 0.374 e. The van der Waals surface area contributed by atoms with Gasteiger partial charge in [-0.2, -0.15) is 0 Å². The first kappa shape index (κ1) is 12.6. The molecular formula is C13H10ClFO3. The molecule has 0 amide bonds. The minimum Gasteiger partial charge on any atom is -0.460 e. The van der Waals surface area contributed by atoms with Crippen LogP contribution in [0.2, 0.25) is 5.02 Å². The van der Waals surface area contributed by atoms with E-state index in [0.29, 0.717) is 11.3 Å². The van der Waals surface area contributed by atoms with Crippen molar-refractivity contribution >= 4 is 17.6 Å². The monoisotopic (exact) mass is 268 g/mol. The normalized spacial score (nSPS) is 10.4. The highest BCUT2D eigenvalue weighted by molar-refractivity contribution is 6.31. The number of furan rings is 1. The van der Waals surface area contributed by atoms with Gasteiger partial charge in [0.05, 0.1) is 11.6 Å². The molecule has 2 aromatic rings. The van der Waals surface area contributed by atoms with Gasteiger partial charge >= 0.3 is 5.97 Å². The number of carbonyl (C=O) groups excluding carboxylic acids is 1. The van der Waals surface area contributed by atoms with Gasteiger partial charge in [-0.1, -0.05) is 11.6 Å². The van der Waals surface area contributed by atoms with Gasteiger partial charge in [-0.05, 0) is 37.3 Å². The molecule has 0 fully saturated rings. The van der Waals surface area contributed by atoms with Gasteiger partial charge in [0.15, 0.2) is 0 Å². The van der Waals surface area contributed by atoms with Crippen molar-refractivity contribution in [2.24, 2.45) is 0 Å². The number of halogens is 2. The van der Waals surface area contributed by atoms with Crippen LogP contribution in [0.25, 0.3) is 11.3 Å². The molecule has 94 valence electrons. The van der Waals surface area contributed by atoms with Crippen LogP contribution in [0.15, 0.2) is 34.7 Å². The van der Waals surface area contributed by atoms with E-state index in [4.69, 9.17) is 20.8 Å². The number of esters is 1. The SMILES string of the molecule is CCOC(=O)c1ccc(-c2ccc(F)c(Cl)c2)o1. The lowest BCUT2D eigenvalue weighted by molar-refractivity contribution is 0.0491. The molecule has 0 saturated carbocycles. The van der Waals surface area contributed by atoms with Crippen molar-refractivity contribution in [1.29, 1.82) is 0 Å². The van der Waals surface area contributed by atoms with E-state index in [2.05, 4.69) is 0 Å². The summed E-state index contributed by atoms with van der Waals surface area (Å²) in [6.07, 6.45) is 0. The van der Waals surface area contributed by atoms with Crippen LogP contribution in [0.4, 0.5) is 4.39 Å². The third-order valence-corrected chi connectivity index (χ3v) is 2.58. The first-order valence-corrected chi connectivity index (χ1v) is 5.72. The van der Waals surface area contributed by atoms with E-state index >= 15 is 0 Å². The lowest BCUT2D eigenvalue weighted by atomic mass is 10.2. The molecule has 0 spiro atoms. The van der Waals surface area contributed by atoms with Crippen molar-refractivity contribution in [3.8, 4) is 11.3 Å². The predicted octanol–water partition coefficient (Wildman–Crippen LogP) is 3.92. The van der Waals surface area contributed by atoms with E-state index in [-0.39, 0.29) is 17.4 Å². The van der Waals surface area contributed by atoms with Crippen LogP contribution in [-0.4, -0.2) is 12.6 Å². The molecule has 0 unspecified atom stereocenters. The van der Waals surface area contributed by atoms with Gasteiger partial charge in [-0.15, -0.1) is 0 Å². The molecule has 0 bridgehead atoms. The van der Waals surface area contributed by atoms with E-state index in [1.54, 1.807) is 13.0 Å². The minimum absolute atomic E-state index is 0.00147. The van der Waals surface area contributed by atoms with Crippen LogP contribution >= 0.6 is 11.6 Å². The van der Waals surface area contributed by atoms with Gasteiger partial charge in [-0.3, -0.25) is 0 Å². The summed E-state index contributed by atoms with van der Waals surface area (Å²) in [5, 5.41) is 0.00147. The average Bonchev–Trinajstić information content (AvgIpc) is 2.82. The van der Waals surface area contributed by atoms with Gasteiger partial charge in [0.25, 0.3) is 0 Å².